The lowest BCUT2D eigenvalue weighted by atomic mass is 9.98. The second kappa shape index (κ2) is 11.4. The molecule has 1 heterocycles. The fourth-order valence-corrected chi connectivity index (χ4v) is 4.97. The molecule has 3 aromatic carbocycles. The number of nitriles is 1. The van der Waals surface area contributed by atoms with Gasteiger partial charge in [-0.3, -0.25) is 0 Å². The van der Waals surface area contributed by atoms with E-state index in [1.54, 1.807) is 18.9 Å². The van der Waals surface area contributed by atoms with Crippen LogP contribution in [0.15, 0.2) is 82.6 Å². The number of anilines is 1. The molecule has 0 saturated heterocycles. The molecular formula is C29H26ClN3O2S. The van der Waals surface area contributed by atoms with E-state index in [2.05, 4.69) is 6.07 Å². The van der Waals surface area contributed by atoms with Crippen molar-refractivity contribution in [1.29, 1.82) is 5.26 Å². The zero-order valence-corrected chi connectivity index (χ0v) is 22.2. The molecule has 36 heavy (non-hydrogen) atoms. The van der Waals surface area contributed by atoms with Crippen molar-refractivity contribution in [1.82, 2.24) is 4.98 Å². The predicted molar refractivity (Wildman–Crippen MR) is 147 cm³/mol. The molecule has 0 unspecified atom stereocenters. The summed E-state index contributed by atoms with van der Waals surface area (Å²) in [4.78, 5) is 8.75. The first-order valence-electron chi connectivity index (χ1n) is 11.4. The van der Waals surface area contributed by atoms with Crippen LogP contribution in [0.3, 0.4) is 0 Å². The number of hydrogen-bond acceptors (Lipinski definition) is 6. The first kappa shape index (κ1) is 25.4. The lowest BCUT2D eigenvalue weighted by Crippen LogP contribution is -2.08. The van der Waals surface area contributed by atoms with Gasteiger partial charge in [-0.1, -0.05) is 35.5 Å². The van der Waals surface area contributed by atoms with E-state index < -0.39 is 0 Å². The van der Waals surface area contributed by atoms with Gasteiger partial charge in [0.1, 0.15) is 17.4 Å². The van der Waals surface area contributed by atoms with E-state index in [0.29, 0.717) is 23.1 Å². The number of hydrogen-bond donors (Lipinski definition) is 0. The summed E-state index contributed by atoms with van der Waals surface area (Å²) < 4.78 is 11.2. The molecule has 0 amide bonds. The van der Waals surface area contributed by atoms with Crippen molar-refractivity contribution in [2.24, 2.45) is 0 Å². The van der Waals surface area contributed by atoms with Crippen LogP contribution in [-0.4, -0.2) is 32.8 Å². The number of halogens is 1. The fraction of sp³-hybridized carbons (Fsp3) is 0.172. The molecule has 0 N–H and O–H groups in total. The molecule has 5 nitrogen and oxygen atoms in total. The van der Waals surface area contributed by atoms with Crippen molar-refractivity contribution >= 4 is 29.1 Å². The standard InChI is InChI=1S/C29H26ClN3O2S/c1-5-35-29-25(18-31)26(19-6-12-22(13-7-19)33(2)3)28(36-24-16-10-21(30)11-17-24)27(32-29)20-8-14-23(34-4)15-9-20/h6-17H,5H2,1-4H3. The van der Waals surface area contributed by atoms with Crippen molar-refractivity contribution < 1.29 is 9.47 Å². The average Bonchev–Trinajstić information content (AvgIpc) is 2.90. The van der Waals surface area contributed by atoms with Crippen molar-refractivity contribution in [3.8, 4) is 40.1 Å². The van der Waals surface area contributed by atoms with Gasteiger partial charge in [0.2, 0.25) is 5.88 Å². The van der Waals surface area contributed by atoms with Crippen LogP contribution in [0, 0.1) is 11.3 Å². The summed E-state index contributed by atoms with van der Waals surface area (Å²) in [6, 6.07) is 25.9. The second-order valence-corrected chi connectivity index (χ2v) is 9.64. The fourth-order valence-electron chi connectivity index (χ4n) is 3.76. The maximum atomic E-state index is 10.3. The number of rotatable bonds is 8. The number of pyridine rings is 1. The maximum Gasteiger partial charge on any atom is 0.232 e. The first-order chi connectivity index (χ1) is 17.4. The van der Waals surface area contributed by atoms with Gasteiger partial charge >= 0.3 is 0 Å². The minimum Gasteiger partial charge on any atom is -0.497 e. The largest absolute Gasteiger partial charge is 0.497 e. The molecule has 1 aromatic heterocycles. The Morgan fingerprint density at radius 1 is 0.944 bits per heavy atom. The summed E-state index contributed by atoms with van der Waals surface area (Å²) in [6.45, 7) is 2.28. The van der Waals surface area contributed by atoms with E-state index >= 15 is 0 Å². The molecule has 0 fully saturated rings. The lowest BCUT2D eigenvalue weighted by molar-refractivity contribution is 0.326. The molecule has 4 aromatic rings. The molecule has 182 valence electrons. The van der Waals surface area contributed by atoms with Crippen molar-refractivity contribution in [3.05, 3.63) is 83.4 Å². The highest BCUT2D eigenvalue weighted by Gasteiger charge is 2.24. The van der Waals surface area contributed by atoms with E-state index in [1.165, 1.54) is 0 Å². The summed E-state index contributed by atoms with van der Waals surface area (Å²) in [5.74, 6) is 1.07. The highest BCUT2D eigenvalue weighted by atomic mass is 35.5. The maximum absolute atomic E-state index is 10.3. The molecule has 0 aliphatic carbocycles. The zero-order valence-electron chi connectivity index (χ0n) is 20.6. The summed E-state index contributed by atoms with van der Waals surface area (Å²) in [5.41, 5.74) is 4.79. The number of aromatic nitrogens is 1. The van der Waals surface area contributed by atoms with E-state index in [0.717, 1.165) is 43.6 Å². The van der Waals surface area contributed by atoms with Gasteiger partial charge in [-0.25, -0.2) is 4.98 Å². The van der Waals surface area contributed by atoms with Gasteiger partial charge in [0.15, 0.2) is 0 Å². The highest BCUT2D eigenvalue weighted by Crippen LogP contribution is 2.46. The number of benzene rings is 3. The Kier molecular flexibility index (Phi) is 8.04. The van der Waals surface area contributed by atoms with Crippen molar-refractivity contribution in [2.75, 3.05) is 32.7 Å². The Morgan fingerprint density at radius 3 is 2.14 bits per heavy atom. The second-order valence-electron chi connectivity index (χ2n) is 8.12. The van der Waals surface area contributed by atoms with Crippen LogP contribution in [0.2, 0.25) is 5.02 Å². The molecule has 0 radical (unpaired) electrons. The Balaban J connectivity index is 2.02. The Morgan fingerprint density at radius 2 is 1.58 bits per heavy atom. The summed E-state index contributed by atoms with van der Waals surface area (Å²) >= 11 is 7.69. The zero-order chi connectivity index (χ0) is 25.7. The normalized spacial score (nSPS) is 10.6. The smallest absolute Gasteiger partial charge is 0.232 e. The third kappa shape index (κ3) is 5.43. The monoisotopic (exact) mass is 515 g/mol. The van der Waals surface area contributed by atoms with Gasteiger partial charge in [0.25, 0.3) is 0 Å². The van der Waals surface area contributed by atoms with E-state index in [-0.39, 0.29) is 0 Å². The molecule has 0 aliphatic heterocycles. The molecule has 7 heteroatoms. The van der Waals surface area contributed by atoms with Gasteiger partial charge in [-0.15, -0.1) is 0 Å². The molecule has 0 saturated carbocycles. The van der Waals surface area contributed by atoms with Crippen LogP contribution >= 0.6 is 23.4 Å². The number of ether oxygens (including phenoxy) is 2. The molecule has 0 atom stereocenters. The highest BCUT2D eigenvalue weighted by molar-refractivity contribution is 7.99. The SMILES string of the molecule is CCOc1nc(-c2ccc(OC)cc2)c(Sc2ccc(Cl)cc2)c(-c2ccc(N(C)C)cc2)c1C#N. The number of nitrogens with zero attached hydrogens (tertiary/aromatic N) is 3. The van der Waals surface area contributed by atoms with Crippen LogP contribution in [-0.2, 0) is 0 Å². The first-order valence-corrected chi connectivity index (χ1v) is 12.6. The Bertz CT molecular complexity index is 1380. The van der Waals surface area contributed by atoms with Crippen LogP contribution in [0.5, 0.6) is 11.6 Å². The minimum atomic E-state index is 0.318. The van der Waals surface area contributed by atoms with E-state index in [1.807, 2.05) is 98.7 Å². The Labute approximate surface area is 221 Å². The summed E-state index contributed by atoms with van der Waals surface area (Å²) in [5, 5.41) is 10.9. The van der Waals surface area contributed by atoms with Crippen LogP contribution < -0.4 is 14.4 Å². The van der Waals surface area contributed by atoms with Gasteiger partial charge in [-0.05, 0) is 73.2 Å². The van der Waals surface area contributed by atoms with Crippen molar-refractivity contribution in [2.45, 2.75) is 16.7 Å². The van der Waals surface area contributed by atoms with Crippen molar-refractivity contribution in [3.63, 3.8) is 0 Å². The third-order valence-corrected chi connectivity index (χ3v) is 6.94. The molecule has 0 bridgehead atoms. The molecule has 0 spiro atoms. The van der Waals surface area contributed by atoms with Gasteiger partial charge in [0, 0.05) is 45.7 Å². The van der Waals surface area contributed by atoms with Gasteiger partial charge in [-0.2, -0.15) is 5.26 Å². The quantitative estimate of drug-likeness (QED) is 0.241. The summed E-state index contributed by atoms with van der Waals surface area (Å²) in [7, 11) is 5.64. The topological polar surface area (TPSA) is 58.4 Å². The molecular weight excluding hydrogens is 490 g/mol. The van der Waals surface area contributed by atoms with Gasteiger partial charge < -0.3 is 14.4 Å². The van der Waals surface area contributed by atoms with E-state index in [4.69, 9.17) is 26.1 Å². The van der Waals surface area contributed by atoms with Crippen LogP contribution in [0.25, 0.3) is 22.4 Å². The van der Waals surface area contributed by atoms with Crippen LogP contribution in [0.4, 0.5) is 5.69 Å². The molecule has 0 aliphatic rings. The minimum absolute atomic E-state index is 0.318. The van der Waals surface area contributed by atoms with E-state index in [9.17, 15) is 5.26 Å². The van der Waals surface area contributed by atoms with Crippen LogP contribution in [0.1, 0.15) is 12.5 Å². The van der Waals surface area contributed by atoms with Gasteiger partial charge in [0.05, 0.1) is 19.4 Å². The summed E-state index contributed by atoms with van der Waals surface area (Å²) in [6.07, 6.45) is 0. The number of methoxy groups -OCH3 is 1. The predicted octanol–water partition coefficient (Wildman–Crippen LogP) is 7.57. The third-order valence-electron chi connectivity index (χ3n) is 5.58. The molecule has 4 rings (SSSR count). The average molecular weight is 516 g/mol. The lowest BCUT2D eigenvalue weighted by Gasteiger charge is -2.20. The Hall–Kier alpha value is -3.66.